The number of carboxylic acid groups (broad SMARTS) is 1. The molecule has 0 aromatic rings. The van der Waals surface area contributed by atoms with E-state index in [4.69, 9.17) is 5.11 Å². The van der Waals surface area contributed by atoms with Gasteiger partial charge in [0.2, 0.25) is 0 Å². The summed E-state index contributed by atoms with van der Waals surface area (Å²) in [5, 5.41) is 8.67. The van der Waals surface area contributed by atoms with Gasteiger partial charge in [0.1, 0.15) is 0 Å². The zero-order valence-corrected chi connectivity index (χ0v) is 9.61. The maximum Gasteiger partial charge on any atom is 0.330 e. The van der Waals surface area contributed by atoms with Gasteiger partial charge in [-0.05, 0) is 12.8 Å². The topological polar surface area (TPSA) is 40.5 Å². The lowest BCUT2D eigenvalue weighted by Gasteiger charge is -2.23. The molecule has 0 spiro atoms. The highest BCUT2D eigenvalue weighted by atomic mass is 16.4. The molecule has 0 unspecified atom stereocenters. The molecule has 0 amide bonds. The van der Waals surface area contributed by atoms with Crippen LogP contribution in [0.2, 0.25) is 0 Å². The van der Waals surface area contributed by atoms with Crippen molar-refractivity contribution in [3.63, 3.8) is 0 Å². The van der Waals surface area contributed by atoms with Gasteiger partial charge in [0.05, 0.1) is 0 Å². The van der Waals surface area contributed by atoms with Crippen molar-refractivity contribution in [2.75, 3.05) is 13.1 Å². The molecule has 0 saturated heterocycles. The summed E-state index contributed by atoms with van der Waals surface area (Å²) in [4.78, 5) is 12.6. The minimum atomic E-state index is -0.952. The Balaban J connectivity index is 4.19. The molecule has 1 N–H and O–H groups in total. The molecule has 0 fully saturated rings. The van der Waals surface area contributed by atoms with Gasteiger partial charge in [0, 0.05) is 24.4 Å². The van der Waals surface area contributed by atoms with Crippen LogP contribution in [0.5, 0.6) is 0 Å². The first kappa shape index (κ1) is 14.2. The Hall–Kier alpha value is -1.77. The number of hydrogen-bond donors (Lipinski definition) is 1. The van der Waals surface area contributed by atoms with Crippen LogP contribution >= 0.6 is 0 Å². The molecule has 3 heteroatoms. The van der Waals surface area contributed by atoms with Crippen LogP contribution in [0, 0.1) is 0 Å². The standard InChI is InChI=1S/C13H19NO2/c1-5-9-14(10-6-2)12(4)8-7-11(3)13(15)16/h5-6H,1-4,7-10H2,(H,15,16). The zero-order chi connectivity index (χ0) is 12.6. The Bertz CT molecular complexity index is 295. The Labute approximate surface area is 97.1 Å². The second-order valence-electron chi connectivity index (χ2n) is 3.46. The van der Waals surface area contributed by atoms with E-state index in [-0.39, 0.29) is 5.57 Å². The highest BCUT2D eigenvalue weighted by Gasteiger charge is 2.08. The normalized spacial score (nSPS) is 9.25. The summed E-state index contributed by atoms with van der Waals surface area (Å²) in [7, 11) is 0. The number of nitrogens with zero attached hydrogens (tertiary/aromatic N) is 1. The van der Waals surface area contributed by atoms with E-state index < -0.39 is 5.97 Å². The highest BCUT2D eigenvalue weighted by molar-refractivity contribution is 5.85. The van der Waals surface area contributed by atoms with Crippen LogP contribution in [0.15, 0.2) is 49.7 Å². The summed E-state index contributed by atoms with van der Waals surface area (Å²) in [5.74, 6) is -0.952. The molecule has 0 aliphatic carbocycles. The van der Waals surface area contributed by atoms with Crippen LogP contribution in [0.3, 0.4) is 0 Å². The minimum absolute atomic E-state index is 0.207. The van der Waals surface area contributed by atoms with Crippen molar-refractivity contribution in [1.29, 1.82) is 0 Å². The van der Waals surface area contributed by atoms with Crippen molar-refractivity contribution in [3.05, 3.63) is 49.7 Å². The number of allylic oxidation sites excluding steroid dienone is 1. The Morgan fingerprint density at radius 3 is 2.00 bits per heavy atom. The van der Waals surface area contributed by atoms with Crippen LogP contribution in [-0.2, 0) is 4.79 Å². The summed E-state index contributed by atoms with van der Waals surface area (Å²) in [6.45, 7) is 16.1. The number of carboxylic acids is 1. The monoisotopic (exact) mass is 221 g/mol. The van der Waals surface area contributed by atoms with Gasteiger partial charge in [-0.1, -0.05) is 25.3 Å². The van der Waals surface area contributed by atoms with Crippen LogP contribution < -0.4 is 0 Å². The fourth-order valence-electron chi connectivity index (χ4n) is 1.20. The predicted octanol–water partition coefficient (Wildman–Crippen LogP) is 2.60. The molecule has 0 aromatic heterocycles. The minimum Gasteiger partial charge on any atom is -0.478 e. The van der Waals surface area contributed by atoms with Crippen LogP contribution in [-0.4, -0.2) is 29.1 Å². The molecule has 0 atom stereocenters. The average molecular weight is 221 g/mol. The maximum absolute atomic E-state index is 10.6. The van der Waals surface area contributed by atoms with Gasteiger partial charge >= 0.3 is 5.97 Å². The number of aliphatic carboxylic acids is 1. The Morgan fingerprint density at radius 2 is 1.62 bits per heavy atom. The van der Waals surface area contributed by atoms with E-state index in [9.17, 15) is 4.79 Å². The molecule has 0 saturated carbocycles. The molecular formula is C13H19NO2. The first-order valence-corrected chi connectivity index (χ1v) is 5.08. The number of hydrogen-bond acceptors (Lipinski definition) is 2. The van der Waals surface area contributed by atoms with Crippen molar-refractivity contribution in [2.24, 2.45) is 0 Å². The van der Waals surface area contributed by atoms with Crippen molar-refractivity contribution in [1.82, 2.24) is 4.90 Å². The molecule has 0 bridgehead atoms. The van der Waals surface area contributed by atoms with E-state index in [0.717, 1.165) is 5.70 Å². The lowest BCUT2D eigenvalue weighted by Crippen LogP contribution is -2.22. The van der Waals surface area contributed by atoms with E-state index in [0.29, 0.717) is 25.9 Å². The molecule has 88 valence electrons. The molecular weight excluding hydrogens is 202 g/mol. The average Bonchev–Trinajstić information content (AvgIpc) is 2.24. The second-order valence-corrected chi connectivity index (χ2v) is 3.46. The maximum atomic E-state index is 10.6. The van der Waals surface area contributed by atoms with Gasteiger partial charge in [0.25, 0.3) is 0 Å². The predicted molar refractivity (Wildman–Crippen MR) is 67.1 cm³/mol. The summed E-state index contributed by atoms with van der Waals surface area (Å²) >= 11 is 0. The van der Waals surface area contributed by atoms with Crippen LogP contribution in [0.1, 0.15) is 12.8 Å². The molecule has 16 heavy (non-hydrogen) atoms. The quantitative estimate of drug-likeness (QED) is 0.480. The van der Waals surface area contributed by atoms with Crippen molar-refractivity contribution >= 4 is 5.97 Å². The first-order valence-electron chi connectivity index (χ1n) is 5.08. The molecule has 0 heterocycles. The molecule has 0 aliphatic rings. The van der Waals surface area contributed by atoms with Gasteiger partial charge in [-0.2, -0.15) is 0 Å². The van der Waals surface area contributed by atoms with Crippen molar-refractivity contribution in [2.45, 2.75) is 12.8 Å². The van der Waals surface area contributed by atoms with E-state index in [1.165, 1.54) is 0 Å². The lowest BCUT2D eigenvalue weighted by atomic mass is 10.1. The van der Waals surface area contributed by atoms with Crippen LogP contribution in [0.4, 0.5) is 0 Å². The van der Waals surface area contributed by atoms with Crippen LogP contribution in [0.25, 0.3) is 0 Å². The lowest BCUT2D eigenvalue weighted by molar-refractivity contribution is -0.132. The molecule has 0 rings (SSSR count). The summed E-state index contributed by atoms with van der Waals surface area (Å²) in [6, 6.07) is 0. The number of rotatable bonds is 9. The SMILES string of the molecule is C=CCN(CC=C)C(=C)CCC(=C)C(=O)O. The zero-order valence-electron chi connectivity index (χ0n) is 9.61. The Morgan fingerprint density at radius 1 is 1.12 bits per heavy atom. The third kappa shape index (κ3) is 5.20. The third-order valence-corrected chi connectivity index (χ3v) is 2.16. The fourth-order valence-corrected chi connectivity index (χ4v) is 1.20. The van der Waals surface area contributed by atoms with Crippen molar-refractivity contribution < 1.29 is 9.90 Å². The second kappa shape index (κ2) is 7.51. The first-order chi connectivity index (χ1) is 7.52. The Kier molecular flexibility index (Phi) is 6.68. The summed E-state index contributed by atoms with van der Waals surface area (Å²) < 4.78 is 0. The largest absolute Gasteiger partial charge is 0.478 e. The van der Waals surface area contributed by atoms with Gasteiger partial charge < -0.3 is 10.0 Å². The van der Waals surface area contributed by atoms with Gasteiger partial charge in [-0.25, -0.2) is 4.79 Å². The molecule has 0 radical (unpaired) electrons. The van der Waals surface area contributed by atoms with E-state index in [1.807, 2.05) is 4.90 Å². The van der Waals surface area contributed by atoms with Gasteiger partial charge in [-0.3, -0.25) is 0 Å². The molecule has 0 aliphatic heterocycles. The number of carbonyl (C=O) groups is 1. The fraction of sp³-hybridized carbons (Fsp3) is 0.308. The van der Waals surface area contributed by atoms with Gasteiger partial charge in [0.15, 0.2) is 0 Å². The van der Waals surface area contributed by atoms with E-state index >= 15 is 0 Å². The molecule has 0 aromatic carbocycles. The summed E-state index contributed by atoms with van der Waals surface area (Å²) in [6.07, 6.45) is 4.56. The molecule has 3 nitrogen and oxygen atoms in total. The third-order valence-electron chi connectivity index (χ3n) is 2.16. The van der Waals surface area contributed by atoms with Crippen molar-refractivity contribution in [3.8, 4) is 0 Å². The highest BCUT2D eigenvalue weighted by Crippen LogP contribution is 2.13. The van der Waals surface area contributed by atoms with E-state index in [2.05, 4.69) is 26.3 Å². The van der Waals surface area contributed by atoms with Gasteiger partial charge in [-0.15, -0.1) is 13.2 Å². The smallest absolute Gasteiger partial charge is 0.330 e. The van der Waals surface area contributed by atoms with E-state index in [1.54, 1.807) is 12.2 Å². The summed E-state index contributed by atoms with van der Waals surface area (Å²) in [5.41, 5.74) is 1.08.